The number of rotatable bonds is 7. The molecular formula is C21H16FN3O3S. The molecule has 4 aromatic rings. The van der Waals surface area contributed by atoms with Gasteiger partial charge >= 0.3 is 0 Å². The molecule has 0 atom stereocenters. The van der Waals surface area contributed by atoms with Gasteiger partial charge in [0, 0.05) is 10.6 Å². The number of furan rings is 1. The van der Waals surface area contributed by atoms with Crippen molar-refractivity contribution in [1.29, 1.82) is 0 Å². The molecule has 2 aromatic heterocycles. The van der Waals surface area contributed by atoms with E-state index >= 15 is 0 Å². The average molecular weight is 409 g/mol. The minimum Gasteiger partial charge on any atom is -0.461 e. The predicted molar refractivity (Wildman–Crippen MR) is 107 cm³/mol. The van der Waals surface area contributed by atoms with Gasteiger partial charge in [-0.25, -0.2) is 4.39 Å². The van der Waals surface area contributed by atoms with E-state index in [9.17, 15) is 9.18 Å². The summed E-state index contributed by atoms with van der Waals surface area (Å²) in [5.41, 5.74) is 1.53. The highest BCUT2D eigenvalue weighted by Crippen LogP contribution is 2.22. The summed E-state index contributed by atoms with van der Waals surface area (Å²) >= 11 is 1.34. The van der Waals surface area contributed by atoms with Gasteiger partial charge in [0.25, 0.3) is 0 Å². The van der Waals surface area contributed by atoms with E-state index in [1.165, 1.54) is 23.9 Å². The summed E-state index contributed by atoms with van der Waals surface area (Å²) in [5, 5.41) is 6.82. The van der Waals surface area contributed by atoms with Crippen LogP contribution < -0.4 is 5.32 Å². The molecule has 4 rings (SSSR count). The molecule has 2 heterocycles. The van der Waals surface area contributed by atoms with Crippen LogP contribution in [0.15, 0.2) is 80.8 Å². The Morgan fingerprint density at radius 3 is 2.69 bits per heavy atom. The van der Waals surface area contributed by atoms with Crippen LogP contribution in [-0.2, 0) is 11.2 Å². The fourth-order valence-corrected chi connectivity index (χ4v) is 3.36. The van der Waals surface area contributed by atoms with Crippen LogP contribution in [0.3, 0.4) is 0 Å². The molecule has 0 aliphatic heterocycles. The van der Waals surface area contributed by atoms with Crippen LogP contribution in [0.1, 0.15) is 11.5 Å². The van der Waals surface area contributed by atoms with Crippen LogP contribution in [-0.4, -0.2) is 21.8 Å². The molecule has 8 heteroatoms. The summed E-state index contributed by atoms with van der Waals surface area (Å²) < 4.78 is 23.5. The highest BCUT2D eigenvalue weighted by molar-refractivity contribution is 8.00. The maximum absolute atomic E-state index is 13.0. The lowest BCUT2D eigenvalue weighted by Crippen LogP contribution is -2.15. The normalized spacial score (nSPS) is 10.8. The van der Waals surface area contributed by atoms with Gasteiger partial charge in [-0.15, -0.1) is 11.8 Å². The molecule has 0 bridgehead atoms. The number of anilines is 1. The standard InChI is InChI=1S/C21H16FN3O3S/c22-15-7-9-16(10-8-15)29-13-19(26)23-17-5-2-1-4-14(17)12-20-24-21(25-28-20)18-6-3-11-27-18/h1-11H,12-13H2,(H,23,26). The molecule has 0 aliphatic rings. The molecule has 29 heavy (non-hydrogen) atoms. The lowest BCUT2D eigenvalue weighted by Gasteiger charge is -2.09. The van der Waals surface area contributed by atoms with Crippen LogP contribution >= 0.6 is 11.8 Å². The van der Waals surface area contributed by atoms with Crippen LogP contribution in [0.25, 0.3) is 11.6 Å². The van der Waals surface area contributed by atoms with Crippen molar-refractivity contribution in [2.45, 2.75) is 11.3 Å². The number of hydrogen-bond donors (Lipinski definition) is 1. The molecule has 0 unspecified atom stereocenters. The van der Waals surface area contributed by atoms with E-state index in [-0.39, 0.29) is 17.5 Å². The van der Waals surface area contributed by atoms with Gasteiger partial charge in [0.1, 0.15) is 5.82 Å². The summed E-state index contributed by atoms with van der Waals surface area (Å²) in [4.78, 5) is 17.5. The molecular weight excluding hydrogens is 393 g/mol. The number of benzene rings is 2. The van der Waals surface area contributed by atoms with Crippen molar-refractivity contribution in [3.8, 4) is 11.6 Å². The third-order valence-electron chi connectivity index (χ3n) is 4.03. The maximum Gasteiger partial charge on any atom is 0.238 e. The van der Waals surface area contributed by atoms with E-state index in [0.29, 0.717) is 29.6 Å². The molecule has 0 radical (unpaired) electrons. The van der Waals surface area contributed by atoms with Crippen molar-refractivity contribution in [2.75, 3.05) is 11.1 Å². The summed E-state index contributed by atoms with van der Waals surface area (Å²) in [6, 6.07) is 17.0. The van der Waals surface area contributed by atoms with Gasteiger partial charge in [0.15, 0.2) is 5.76 Å². The first-order valence-corrected chi connectivity index (χ1v) is 9.78. The van der Waals surface area contributed by atoms with Gasteiger partial charge < -0.3 is 14.3 Å². The number of nitrogens with one attached hydrogen (secondary N) is 1. The smallest absolute Gasteiger partial charge is 0.238 e. The van der Waals surface area contributed by atoms with Crippen LogP contribution in [0.5, 0.6) is 0 Å². The second-order valence-corrected chi connectivity index (χ2v) is 7.16. The zero-order chi connectivity index (χ0) is 20.1. The van der Waals surface area contributed by atoms with E-state index in [2.05, 4.69) is 15.5 Å². The zero-order valence-corrected chi connectivity index (χ0v) is 16.0. The van der Waals surface area contributed by atoms with Crippen molar-refractivity contribution in [3.63, 3.8) is 0 Å². The number of aromatic nitrogens is 2. The maximum atomic E-state index is 13.0. The predicted octanol–water partition coefficient (Wildman–Crippen LogP) is 4.79. The Labute approximate surface area is 170 Å². The van der Waals surface area contributed by atoms with Crippen molar-refractivity contribution < 1.29 is 18.1 Å². The molecule has 1 amide bonds. The van der Waals surface area contributed by atoms with Gasteiger partial charge in [-0.1, -0.05) is 23.4 Å². The Morgan fingerprint density at radius 2 is 1.90 bits per heavy atom. The monoisotopic (exact) mass is 409 g/mol. The van der Waals surface area contributed by atoms with Crippen LogP contribution in [0, 0.1) is 5.82 Å². The second-order valence-electron chi connectivity index (χ2n) is 6.11. The van der Waals surface area contributed by atoms with Crippen LogP contribution in [0.2, 0.25) is 0 Å². The second kappa shape index (κ2) is 8.74. The Balaban J connectivity index is 1.40. The Hall–Kier alpha value is -3.39. The van der Waals surface area contributed by atoms with Crippen LogP contribution in [0.4, 0.5) is 10.1 Å². The van der Waals surface area contributed by atoms with E-state index in [0.717, 1.165) is 10.5 Å². The molecule has 0 spiro atoms. The molecule has 2 aromatic carbocycles. The summed E-state index contributed by atoms with van der Waals surface area (Å²) in [5.74, 6) is 1.07. The first-order chi connectivity index (χ1) is 14.2. The fraction of sp³-hybridized carbons (Fsp3) is 0.0952. The number of hydrogen-bond acceptors (Lipinski definition) is 6. The minimum atomic E-state index is -0.302. The first kappa shape index (κ1) is 18.9. The quantitative estimate of drug-likeness (QED) is 0.442. The average Bonchev–Trinajstić information content (AvgIpc) is 3.41. The minimum absolute atomic E-state index is 0.159. The lowest BCUT2D eigenvalue weighted by molar-refractivity contribution is -0.113. The zero-order valence-electron chi connectivity index (χ0n) is 15.2. The number of halogens is 1. The van der Waals surface area contributed by atoms with Crippen molar-refractivity contribution in [3.05, 3.63) is 84.2 Å². The van der Waals surface area contributed by atoms with Crippen molar-refractivity contribution >= 4 is 23.4 Å². The summed E-state index contributed by atoms with van der Waals surface area (Å²) in [6.07, 6.45) is 1.91. The number of amides is 1. The molecule has 146 valence electrons. The van der Waals surface area contributed by atoms with Gasteiger partial charge in [-0.2, -0.15) is 4.98 Å². The Kier molecular flexibility index (Phi) is 5.71. The molecule has 6 nitrogen and oxygen atoms in total. The number of para-hydroxylation sites is 1. The number of nitrogens with zero attached hydrogens (tertiary/aromatic N) is 2. The van der Waals surface area contributed by atoms with Crippen molar-refractivity contribution in [2.24, 2.45) is 0 Å². The van der Waals surface area contributed by atoms with E-state index in [1.807, 2.05) is 24.3 Å². The van der Waals surface area contributed by atoms with E-state index in [4.69, 9.17) is 8.94 Å². The van der Waals surface area contributed by atoms with Gasteiger partial charge in [0.05, 0.1) is 18.4 Å². The molecule has 1 N–H and O–H groups in total. The number of carbonyl (C=O) groups is 1. The molecule has 0 aliphatic carbocycles. The lowest BCUT2D eigenvalue weighted by atomic mass is 10.1. The Bertz CT molecular complexity index is 1090. The molecule has 0 saturated heterocycles. The molecule has 0 saturated carbocycles. The SMILES string of the molecule is O=C(CSc1ccc(F)cc1)Nc1ccccc1Cc1nc(-c2ccco2)no1. The topological polar surface area (TPSA) is 81.2 Å². The highest BCUT2D eigenvalue weighted by atomic mass is 32.2. The summed E-state index contributed by atoms with van der Waals surface area (Å²) in [6.45, 7) is 0. The molecule has 0 fully saturated rings. The largest absolute Gasteiger partial charge is 0.461 e. The number of thioether (sulfide) groups is 1. The van der Waals surface area contributed by atoms with Gasteiger partial charge in [0.2, 0.25) is 17.6 Å². The Morgan fingerprint density at radius 1 is 1.07 bits per heavy atom. The van der Waals surface area contributed by atoms with Gasteiger partial charge in [-0.05, 0) is 48.0 Å². The van der Waals surface area contributed by atoms with Gasteiger partial charge in [-0.3, -0.25) is 4.79 Å². The fourth-order valence-electron chi connectivity index (χ4n) is 2.66. The van der Waals surface area contributed by atoms with E-state index in [1.54, 1.807) is 30.5 Å². The third kappa shape index (κ3) is 4.91. The van der Waals surface area contributed by atoms with Crippen molar-refractivity contribution in [1.82, 2.24) is 10.1 Å². The summed E-state index contributed by atoms with van der Waals surface area (Å²) in [7, 11) is 0. The van der Waals surface area contributed by atoms with E-state index < -0.39 is 0 Å². The highest BCUT2D eigenvalue weighted by Gasteiger charge is 2.14. The third-order valence-corrected chi connectivity index (χ3v) is 5.04. The first-order valence-electron chi connectivity index (χ1n) is 8.80. The number of carbonyl (C=O) groups excluding carboxylic acids is 1.